The molecule has 0 aliphatic rings. The summed E-state index contributed by atoms with van der Waals surface area (Å²) >= 11 is 12.7. The number of anilines is 1. The summed E-state index contributed by atoms with van der Waals surface area (Å²) in [6.45, 7) is 3.93. The number of aryl methyl sites for hydroxylation is 2. The summed E-state index contributed by atoms with van der Waals surface area (Å²) < 4.78 is 1.67. The lowest BCUT2D eigenvalue weighted by Gasteiger charge is -2.13. The molecule has 5 heteroatoms. The van der Waals surface area contributed by atoms with Crippen LogP contribution in [0.1, 0.15) is 21.5 Å². The zero-order chi connectivity index (χ0) is 14.9. The van der Waals surface area contributed by atoms with Crippen molar-refractivity contribution >= 4 is 55.1 Å². The van der Waals surface area contributed by atoms with Gasteiger partial charge in [0.2, 0.25) is 0 Å². The van der Waals surface area contributed by atoms with Crippen LogP contribution in [0.4, 0.5) is 5.69 Å². The number of carbonyl (C=O) groups excluding carboxylic acids is 1. The molecule has 2 nitrogen and oxygen atoms in total. The van der Waals surface area contributed by atoms with Crippen LogP contribution in [0.3, 0.4) is 0 Å². The van der Waals surface area contributed by atoms with Gasteiger partial charge in [-0.2, -0.15) is 0 Å². The molecule has 104 valence electrons. The van der Waals surface area contributed by atoms with Gasteiger partial charge in [-0.25, -0.2) is 0 Å². The predicted molar refractivity (Wildman–Crippen MR) is 90.7 cm³/mol. The standard InChI is InChI=1S/C15H12Br2ClNO/c1-8-5-10(16)6-9(2)14(8)19-15(20)12-4-3-11(18)7-13(12)17/h3-7H,1-2H3,(H,19,20). The molecule has 2 aromatic rings. The van der Waals surface area contributed by atoms with E-state index in [0.717, 1.165) is 21.3 Å². The van der Waals surface area contributed by atoms with E-state index in [2.05, 4.69) is 37.2 Å². The van der Waals surface area contributed by atoms with Crippen LogP contribution >= 0.6 is 43.5 Å². The fraction of sp³-hybridized carbons (Fsp3) is 0.133. The first-order valence-corrected chi connectivity index (χ1v) is 7.88. The first-order chi connectivity index (χ1) is 9.38. The average molecular weight is 418 g/mol. The van der Waals surface area contributed by atoms with Crippen LogP contribution in [-0.4, -0.2) is 5.91 Å². The largest absolute Gasteiger partial charge is 0.321 e. The van der Waals surface area contributed by atoms with Crippen molar-refractivity contribution in [3.8, 4) is 0 Å². The Balaban J connectivity index is 2.33. The Morgan fingerprint density at radius 1 is 1.10 bits per heavy atom. The van der Waals surface area contributed by atoms with Gasteiger partial charge in [0.1, 0.15) is 0 Å². The summed E-state index contributed by atoms with van der Waals surface area (Å²) in [6.07, 6.45) is 0. The summed E-state index contributed by atoms with van der Waals surface area (Å²) in [6, 6.07) is 9.05. The summed E-state index contributed by atoms with van der Waals surface area (Å²) in [4.78, 5) is 12.3. The lowest BCUT2D eigenvalue weighted by molar-refractivity contribution is 0.102. The van der Waals surface area contributed by atoms with Crippen molar-refractivity contribution in [1.82, 2.24) is 0 Å². The maximum atomic E-state index is 12.3. The van der Waals surface area contributed by atoms with E-state index in [1.54, 1.807) is 18.2 Å². The Morgan fingerprint density at radius 2 is 1.70 bits per heavy atom. The van der Waals surface area contributed by atoms with Crippen molar-refractivity contribution in [1.29, 1.82) is 0 Å². The highest BCUT2D eigenvalue weighted by Gasteiger charge is 2.13. The molecular weight excluding hydrogens is 405 g/mol. The van der Waals surface area contributed by atoms with Crippen molar-refractivity contribution in [2.45, 2.75) is 13.8 Å². The molecule has 2 aromatic carbocycles. The molecule has 0 radical (unpaired) electrons. The SMILES string of the molecule is Cc1cc(Br)cc(C)c1NC(=O)c1ccc(Cl)cc1Br. The van der Waals surface area contributed by atoms with Crippen molar-refractivity contribution < 1.29 is 4.79 Å². The second-order valence-electron chi connectivity index (χ2n) is 4.49. The van der Waals surface area contributed by atoms with Crippen LogP contribution in [0.25, 0.3) is 0 Å². The fourth-order valence-corrected chi connectivity index (χ4v) is 3.51. The number of halogens is 3. The molecule has 0 atom stereocenters. The van der Waals surface area contributed by atoms with Crippen LogP contribution in [0, 0.1) is 13.8 Å². The first-order valence-electron chi connectivity index (χ1n) is 5.91. The number of hydrogen-bond acceptors (Lipinski definition) is 1. The molecule has 0 bridgehead atoms. The Morgan fingerprint density at radius 3 is 2.25 bits per heavy atom. The van der Waals surface area contributed by atoms with Gasteiger partial charge in [0.25, 0.3) is 5.91 Å². The van der Waals surface area contributed by atoms with E-state index in [1.165, 1.54) is 0 Å². The van der Waals surface area contributed by atoms with E-state index < -0.39 is 0 Å². The van der Waals surface area contributed by atoms with Gasteiger partial charge < -0.3 is 5.32 Å². The monoisotopic (exact) mass is 415 g/mol. The van der Waals surface area contributed by atoms with Crippen molar-refractivity contribution in [2.75, 3.05) is 5.32 Å². The lowest BCUT2D eigenvalue weighted by Crippen LogP contribution is -2.14. The zero-order valence-corrected chi connectivity index (χ0v) is 14.9. The van der Waals surface area contributed by atoms with Crippen molar-refractivity contribution in [3.05, 3.63) is 61.0 Å². The normalized spacial score (nSPS) is 10.4. The molecule has 1 amide bonds. The summed E-state index contributed by atoms with van der Waals surface area (Å²) in [7, 11) is 0. The van der Waals surface area contributed by atoms with Crippen LogP contribution in [0.5, 0.6) is 0 Å². The smallest absolute Gasteiger partial charge is 0.256 e. The Hall–Kier alpha value is -0.840. The quantitative estimate of drug-likeness (QED) is 0.664. The van der Waals surface area contributed by atoms with Gasteiger partial charge in [-0.3, -0.25) is 4.79 Å². The molecule has 0 saturated heterocycles. The third-order valence-corrected chi connectivity index (χ3v) is 4.26. The summed E-state index contributed by atoms with van der Waals surface area (Å²) in [5.74, 6) is -0.165. The van der Waals surface area contributed by atoms with E-state index in [0.29, 0.717) is 15.1 Å². The number of nitrogens with one attached hydrogen (secondary N) is 1. The molecule has 0 fully saturated rings. The van der Waals surface area contributed by atoms with E-state index in [-0.39, 0.29) is 5.91 Å². The third-order valence-electron chi connectivity index (χ3n) is 2.91. The van der Waals surface area contributed by atoms with E-state index in [4.69, 9.17) is 11.6 Å². The molecule has 1 N–H and O–H groups in total. The molecule has 2 rings (SSSR count). The molecule has 0 unspecified atom stereocenters. The molecule has 0 aromatic heterocycles. The van der Waals surface area contributed by atoms with Crippen molar-refractivity contribution in [3.63, 3.8) is 0 Å². The van der Waals surface area contributed by atoms with Gasteiger partial charge in [0.15, 0.2) is 0 Å². The predicted octanol–water partition coefficient (Wildman–Crippen LogP) is 5.73. The van der Waals surface area contributed by atoms with Crippen LogP contribution in [-0.2, 0) is 0 Å². The highest BCUT2D eigenvalue weighted by atomic mass is 79.9. The van der Waals surface area contributed by atoms with Crippen LogP contribution in [0.15, 0.2) is 39.3 Å². The molecule has 0 aliphatic heterocycles. The van der Waals surface area contributed by atoms with Crippen LogP contribution in [0.2, 0.25) is 5.02 Å². The second kappa shape index (κ2) is 6.29. The molecule has 0 heterocycles. The molecular formula is C15H12Br2ClNO. The molecule has 0 aliphatic carbocycles. The number of benzene rings is 2. The fourth-order valence-electron chi connectivity index (χ4n) is 1.96. The highest BCUT2D eigenvalue weighted by Crippen LogP contribution is 2.27. The number of rotatable bonds is 2. The highest BCUT2D eigenvalue weighted by molar-refractivity contribution is 9.10. The maximum Gasteiger partial charge on any atom is 0.256 e. The van der Waals surface area contributed by atoms with Crippen molar-refractivity contribution in [2.24, 2.45) is 0 Å². The van der Waals surface area contributed by atoms with Crippen LogP contribution < -0.4 is 5.32 Å². The third kappa shape index (κ3) is 3.43. The number of hydrogen-bond donors (Lipinski definition) is 1. The topological polar surface area (TPSA) is 29.1 Å². The van der Waals surface area contributed by atoms with Gasteiger partial charge >= 0.3 is 0 Å². The number of amides is 1. The maximum absolute atomic E-state index is 12.3. The summed E-state index contributed by atoms with van der Waals surface area (Å²) in [5.41, 5.74) is 3.40. The van der Waals surface area contributed by atoms with Gasteiger partial charge in [0.05, 0.1) is 5.56 Å². The zero-order valence-electron chi connectivity index (χ0n) is 10.9. The Bertz CT molecular complexity index is 663. The molecule has 0 saturated carbocycles. The number of carbonyl (C=O) groups is 1. The van der Waals surface area contributed by atoms with E-state index in [1.807, 2.05) is 26.0 Å². The minimum absolute atomic E-state index is 0.165. The Kier molecular flexibility index (Phi) is 4.89. The minimum atomic E-state index is -0.165. The summed E-state index contributed by atoms with van der Waals surface area (Å²) in [5, 5.41) is 3.54. The first kappa shape index (κ1) is 15.5. The van der Waals surface area contributed by atoms with Gasteiger partial charge in [-0.15, -0.1) is 0 Å². The Labute approximate surface area is 139 Å². The van der Waals surface area contributed by atoms with Gasteiger partial charge in [-0.05, 0) is 71.2 Å². The second-order valence-corrected chi connectivity index (χ2v) is 6.70. The van der Waals surface area contributed by atoms with E-state index >= 15 is 0 Å². The average Bonchev–Trinajstić information content (AvgIpc) is 2.33. The van der Waals surface area contributed by atoms with Gasteiger partial charge in [0, 0.05) is 19.7 Å². The van der Waals surface area contributed by atoms with E-state index in [9.17, 15) is 4.79 Å². The minimum Gasteiger partial charge on any atom is -0.321 e. The molecule has 20 heavy (non-hydrogen) atoms. The molecule has 0 spiro atoms. The van der Waals surface area contributed by atoms with Gasteiger partial charge in [-0.1, -0.05) is 27.5 Å². The lowest BCUT2D eigenvalue weighted by atomic mass is 10.1.